The van der Waals surface area contributed by atoms with Gasteiger partial charge < -0.3 is 15.5 Å². The van der Waals surface area contributed by atoms with Crippen molar-refractivity contribution in [3.8, 4) is 0 Å². The Morgan fingerprint density at radius 1 is 1.24 bits per heavy atom. The van der Waals surface area contributed by atoms with Crippen LogP contribution >= 0.6 is 0 Å². The van der Waals surface area contributed by atoms with Gasteiger partial charge in [-0.05, 0) is 44.2 Å². The summed E-state index contributed by atoms with van der Waals surface area (Å²) in [6.07, 6.45) is 1.14. The lowest BCUT2D eigenvalue weighted by molar-refractivity contribution is -0.117. The molecule has 2 fully saturated rings. The van der Waals surface area contributed by atoms with E-state index in [-0.39, 0.29) is 18.1 Å². The van der Waals surface area contributed by atoms with E-state index in [0.29, 0.717) is 5.92 Å². The molecule has 0 bridgehead atoms. The summed E-state index contributed by atoms with van der Waals surface area (Å²) >= 11 is 0. The number of carbonyl (C=O) groups excluding carboxylic acids is 1. The normalized spacial score (nSPS) is 20.1. The molecule has 0 radical (unpaired) electrons. The van der Waals surface area contributed by atoms with Crippen LogP contribution in [0.3, 0.4) is 0 Å². The molecule has 1 aromatic heterocycles. The van der Waals surface area contributed by atoms with Crippen molar-refractivity contribution in [1.29, 1.82) is 0 Å². The number of hydrogen-bond acceptors (Lipinski definition) is 5. The highest BCUT2D eigenvalue weighted by molar-refractivity contribution is 5.92. The first-order valence-electron chi connectivity index (χ1n) is 10.3. The van der Waals surface area contributed by atoms with Crippen molar-refractivity contribution in [2.75, 3.05) is 56.0 Å². The van der Waals surface area contributed by atoms with Crippen LogP contribution < -0.4 is 15.5 Å². The number of para-hydroxylation sites is 1. The minimum absolute atomic E-state index is 0.181. The predicted molar refractivity (Wildman–Crippen MR) is 113 cm³/mol. The maximum Gasteiger partial charge on any atom is 0.238 e. The number of amides is 1. The van der Waals surface area contributed by atoms with Gasteiger partial charge in [-0.1, -0.05) is 12.1 Å². The average Bonchev–Trinajstić information content (AvgIpc) is 3.25. The molecule has 2 aromatic rings. The molecule has 0 saturated carbocycles. The van der Waals surface area contributed by atoms with Gasteiger partial charge in [-0.2, -0.15) is 0 Å². The van der Waals surface area contributed by atoms with Crippen LogP contribution in [-0.4, -0.2) is 61.6 Å². The standard InChI is InChI=1S/C22H28FN5O/c1-16-12-18(13-21(25-16)17-6-7-24-14-17)28-10-8-27(9-11-28)15-22(29)26-20-5-3-2-4-19(20)23/h2-5,12-13,17,24H,6-11,14-15H2,1H3,(H,26,29). The van der Waals surface area contributed by atoms with Gasteiger partial charge in [0.15, 0.2) is 0 Å². The summed E-state index contributed by atoms with van der Waals surface area (Å²) in [5.74, 6) is -0.0941. The lowest BCUT2D eigenvalue weighted by Gasteiger charge is -2.36. The monoisotopic (exact) mass is 397 g/mol. The van der Waals surface area contributed by atoms with Gasteiger partial charge in [0, 0.05) is 55.7 Å². The highest BCUT2D eigenvalue weighted by atomic mass is 19.1. The average molecular weight is 397 g/mol. The molecule has 154 valence electrons. The minimum Gasteiger partial charge on any atom is -0.369 e. The molecule has 4 rings (SSSR count). The number of nitrogens with one attached hydrogen (secondary N) is 2. The quantitative estimate of drug-likeness (QED) is 0.811. The fourth-order valence-corrected chi connectivity index (χ4v) is 4.09. The first kappa shape index (κ1) is 19.8. The van der Waals surface area contributed by atoms with Crippen LogP contribution in [0.2, 0.25) is 0 Å². The molecule has 0 aliphatic carbocycles. The largest absolute Gasteiger partial charge is 0.369 e. The number of anilines is 2. The van der Waals surface area contributed by atoms with Crippen molar-refractivity contribution < 1.29 is 9.18 Å². The summed E-state index contributed by atoms with van der Waals surface area (Å²) in [6, 6.07) is 10.6. The van der Waals surface area contributed by atoms with Crippen molar-refractivity contribution in [3.05, 3.63) is 53.6 Å². The van der Waals surface area contributed by atoms with Gasteiger partial charge in [0.25, 0.3) is 0 Å². The Kier molecular flexibility index (Phi) is 6.06. The van der Waals surface area contributed by atoms with Crippen LogP contribution in [-0.2, 0) is 4.79 Å². The third-order valence-electron chi connectivity index (χ3n) is 5.69. The summed E-state index contributed by atoms with van der Waals surface area (Å²) in [5.41, 5.74) is 3.68. The van der Waals surface area contributed by atoms with Crippen LogP contribution in [0.4, 0.5) is 15.8 Å². The maximum atomic E-state index is 13.7. The summed E-state index contributed by atoms with van der Waals surface area (Å²) in [4.78, 5) is 21.5. The number of rotatable bonds is 5. The van der Waals surface area contributed by atoms with E-state index in [2.05, 4.69) is 39.5 Å². The highest BCUT2D eigenvalue weighted by Crippen LogP contribution is 2.26. The number of pyridine rings is 1. The molecule has 1 unspecified atom stereocenters. The van der Waals surface area contributed by atoms with Crippen molar-refractivity contribution in [2.24, 2.45) is 0 Å². The Morgan fingerprint density at radius 2 is 2.03 bits per heavy atom. The molecule has 1 atom stereocenters. The predicted octanol–water partition coefficient (Wildman–Crippen LogP) is 2.37. The summed E-state index contributed by atoms with van der Waals surface area (Å²) in [6.45, 7) is 7.70. The second kappa shape index (κ2) is 8.88. The number of aromatic nitrogens is 1. The van der Waals surface area contributed by atoms with Gasteiger partial charge in [0.1, 0.15) is 5.82 Å². The Hall–Kier alpha value is -2.51. The zero-order chi connectivity index (χ0) is 20.2. The van der Waals surface area contributed by atoms with Crippen LogP contribution in [0.5, 0.6) is 0 Å². The number of benzene rings is 1. The fraction of sp³-hybridized carbons (Fsp3) is 0.455. The number of carbonyl (C=O) groups is 1. The van der Waals surface area contributed by atoms with Crippen molar-refractivity contribution >= 4 is 17.3 Å². The van der Waals surface area contributed by atoms with Crippen molar-refractivity contribution in [3.63, 3.8) is 0 Å². The first-order chi connectivity index (χ1) is 14.1. The van der Waals surface area contributed by atoms with Crippen LogP contribution in [0.25, 0.3) is 0 Å². The van der Waals surface area contributed by atoms with Gasteiger partial charge in [-0.15, -0.1) is 0 Å². The maximum absolute atomic E-state index is 13.7. The molecule has 3 heterocycles. The summed E-state index contributed by atoms with van der Waals surface area (Å²) < 4.78 is 13.7. The van der Waals surface area contributed by atoms with Crippen molar-refractivity contribution in [2.45, 2.75) is 19.3 Å². The number of halogens is 1. The lowest BCUT2D eigenvalue weighted by Crippen LogP contribution is -2.48. The Balaban J connectivity index is 1.32. The van der Waals surface area contributed by atoms with Crippen LogP contribution in [0, 0.1) is 12.7 Å². The van der Waals surface area contributed by atoms with E-state index in [1.165, 1.54) is 17.4 Å². The molecular weight excluding hydrogens is 369 g/mol. The molecule has 1 amide bonds. The molecule has 6 nitrogen and oxygen atoms in total. The zero-order valence-corrected chi connectivity index (χ0v) is 16.8. The van der Waals surface area contributed by atoms with Crippen molar-refractivity contribution in [1.82, 2.24) is 15.2 Å². The summed E-state index contributed by atoms with van der Waals surface area (Å²) in [7, 11) is 0. The third kappa shape index (κ3) is 4.92. The fourth-order valence-electron chi connectivity index (χ4n) is 4.09. The molecule has 0 spiro atoms. The molecule has 2 N–H and O–H groups in total. The first-order valence-corrected chi connectivity index (χ1v) is 10.3. The second-order valence-electron chi connectivity index (χ2n) is 7.87. The lowest BCUT2D eigenvalue weighted by atomic mass is 10.0. The number of piperazine rings is 1. The van der Waals surface area contributed by atoms with E-state index < -0.39 is 5.82 Å². The Bertz CT molecular complexity index is 860. The van der Waals surface area contributed by atoms with E-state index in [0.717, 1.165) is 51.4 Å². The Morgan fingerprint density at radius 3 is 2.76 bits per heavy atom. The van der Waals surface area contributed by atoms with Gasteiger partial charge in [0.2, 0.25) is 5.91 Å². The van der Waals surface area contributed by atoms with Gasteiger partial charge >= 0.3 is 0 Å². The number of nitrogens with zero attached hydrogens (tertiary/aromatic N) is 3. The molecule has 2 saturated heterocycles. The van der Waals surface area contributed by atoms with E-state index >= 15 is 0 Å². The molecule has 29 heavy (non-hydrogen) atoms. The number of aryl methyl sites for hydroxylation is 1. The molecule has 2 aliphatic rings. The second-order valence-corrected chi connectivity index (χ2v) is 7.87. The van der Waals surface area contributed by atoms with Crippen LogP contribution in [0.1, 0.15) is 23.7 Å². The van der Waals surface area contributed by atoms with E-state index in [1.807, 2.05) is 0 Å². The molecule has 1 aromatic carbocycles. The van der Waals surface area contributed by atoms with Gasteiger partial charge in [-0.3, -0.25) is 14.7 Å². The van der Waals surface area contributed by atoms with Gasteiger partial charge in [-0.25, -0.2) is 4.39 Å². The Labute approximate surface area is 171 Å². The zero-order valence-electron chi connectivity index (χ0n) is 16.8. The van der Waals surface area contributed by atoms with E-state index in [9.17, 15) is 9.18 Å². The van der Waals surface area contributed by atoms with E-state index in [1.54, 1.807) is 18.2 Å². The minimum atomic E-state index is -0.410. The molecule has 2 aliphatic heterocycles. The van der Waals surface area contributed by atoms with Crippen LogP contribution in [0.15, 0.2) is 36.4 Å². The van der Waals surface area contributed by atoms with Gasteiger partial charge in [0.05, 0.1) is 12.2 Å². The highest BCUT2D eigenvalue weighted by Gasteiger charge is 2.23. The smallest absolute Gasteiger partial charge is 0.238 e. The molecular formula is C22H28FN5O. The molecule has 7 heteroatoms. The topological polar surface area (TPSA) is 60.5 Å². The van der Waals surface area contributed by atoms with E-state index in [4.69, 9.17) is 4.98 Å². The SMILES string of the molecule is Cc1cc(N2CCN(CC(=O)Nc3ccccc3F)CC2)cc(C2CCNC2)n1. The number of hydrogen-bond donors (Lipinski definition) is 2. The third-order valence-corrected chi connectivity index (χ3v) is 5.69. The summed E-state index contributed by atoms with van der Waals surface area (Å²) in [5, 5.41) is 6.08.